The summed E-state index contributed by atoms with van der Waals surface area (Å²) >= 11 is 0.300. The van der Waals surface area contributed by atoms with Crippen LogP contribution in [0.25, 0.3) is 0 Å². The summed E-state index contributed by atoms with van der Waals surface area (Å²) in [5, 5.41) is 16.7. The third-order valence-corrected chi connectivity index (χ3v) is 4.73. The molecule has 0 saturated heterocycles. The molecule has 0 bridgehead atoms. The second-order valence-corrected chi connectivity index (χ2v) is 8.10. The van der Waals surface area contributed by atoms with E-state index in [9.17, 15) is 0 Å². The predicted octanol–water partition coefficient (Wildman–Crippen LogP) is 9.36. The van der Waals surface area contributed by atoms with Crippen LogP contribution in [0.2, 0.25) is 0 Å². The average Bonchev–Trinajstić information content (AvgIpc) is 2.83. The molecule has 0 fully saturated rings. The molecule has 2 N–H and O–H groups in total. The molecule has 0 aliphatic heterocycles. The zero-order valence-electron chi connectivity index (χ0n) is 22.8. The van der Waals surface area contributed by atoms with Gasteiger partial charge in [-0.2, -0.15) is 12.8 Å². The molecule has 0 unspecified atom stereocenters. The summed E-state index contributed by atoms with van der Waals surface area (Å²) in [4.78, 5) is 0. The Hall–Kier alpha value is 0.603. The fourth-order valence-electron chi connectivity index (χ4n) is 2.64. The summed E-state index contributed by atoms with van der Waals surface area (Å²) in [6.07, 6.45) is 25.2. The molecule has 0 aliphatic carbocycles. The molecule has 0 heterocycles. The summed E-state index contributed by atoms with van der Waals surface area (Å²) in [7, 11) is 0. The molecule has 32 heavy (non-hydrogen) atoms. The van der Waals surface area contributed by atoms with E-state index in [1.807, 2.05) is 0 Å². The zero-order chi connectivity index (χ0) is 25.6. The summed E-state index contributed by atoms with van der Waals surface area (Å²) < 4.78 is 8.34. The molecular weight excluding hydrogens is 476 g/mol. The van der Waals surface area contributed by atoms with Crippen molar-refractivity contribution in [2.45, 2.75) is 156 Å². The van der Waals surface area contributed by atoms with E-state index in [0.29, 0.717) is 37.9 Å². The molecule has 196 valence electrons. The second kappa shape index (κ2) is 57.9. The molecule has 0 aliphatic rings. The zero-order valence-corrected chi connectivity index (χ0v) is 25.2. The van der Waals surface area contributed by atoms with E-state index in [4.69, 9.17) is 13.0 Å². The van der Waals surface area contributed by atoms with Gasteiger partial charge in [-0.15, -0.1) is 0 Å². The van der Waals surface area contributed by atoms with Gasteiger partial charge in [0.05, 0.1) is 0 Å². The SMILES string of the molecule is CCCCCCCO.CCCCCCCO.[CH2-]CCCCCC.[CH2-]CCCCCC.[O]=[Zr+2]. The third-order valence-electron chi connectivity index (χ3n) is 4.73. The molecule has 0 amide bonds. The van der Waals surface area contributed by atoms with Gasteiger partial charge < -0.3 is 24.1 Å². The van der Waals surface area contributed by atoms with E-state index in [1.165, 1.54) is 103 Å². The van der Waals surface area contributed by atoms with Crippen LogP contribution in [-0.4, -0.2) is 23.4 Å². The predicted molar refractivity (Wildman–Crippen MR) is 141 cm³/mol. The first-order valence-electron chi connectivity index (χ1n) is 13.7. The Labute approximate surface area is 220 Å². The first-order chi connectivity index (χ1) is 15.7. The first-order valence-corrected chi connectivity index (χ1v) is 14.7. The number of rotatable bonds is 18. The van der Waals surface area contributed by atoms with Gasteiger partial charge in [0.1, 0.15) is 0 Å². The van der Waals surface area contributed by atoms with Crippen LogP contribution >= 0.6 is 0 Å². The maximum atomic E-state index is 8.37. The van der Waals surface area contributed by atoms with Gasteiger partial charge in [-0.3, -0.25) is 0 Å². The third kappa shape index (κ3) is 77.5. The average molecular weight is 538 g/mol. The summed E-state index contributed by atoms with van der Waals surface area (Å²) in [6.45, 7) is 17.1. The summed E-state index contributed by atoms with van der Waals surface area (Å²) in [5.74, 6) is 0. The van der Waals surface area contributed by atoms with Crippen LogP contribution in [0.4, 0.5) is 0 Å². The molecule has 0 atom stereocenters. The molecule has 0 rings (SSSR count). The van der Waals surface area contributed by atoms with Crippen LogP contribution in [0.3, 0.4) is 0 Å². The monoisotopic (exact) mass is 536 g/mol. The van der Waals surface area contributed by atoms with Crippen LogP contribution in [0, 0.1) is 13.8 Å². The Morgan fingerprint density at radius 3 is 0.844 bits per heavy atom. The molecule has 0 aromatic heterocycles. The Balaban J connectivity index is -0.0000000987. The van der Waals surface area contributed by atoms with E-state index in [1.54, 1.807) is 0 Å². The van der Waals surface area contributed by atoms with Crippen molar-refractivity contribution < 1.29 is 37.7 Å². The normalized spacial score (nSPS) is 9.19. The van der Waals surface area contributed by atoms with Crippen molar-refractivity contribution in [2.24, 2.45) is 0 Å². The molecular formula is C28H62O3Zr. The number of hydrogen-bond acceptors (Lipinski definition) is 3. The quantitative estimate of drug-likeness (QED) is 0.135. The Kier molecular flexibility index (Phi) is 77.4. The van der Waals surface area contributed by atoms with Crippen LogP contribution < -0.4 is 0 Å². The van der Waals surface area contributed by atoms with Crippen LogP contribution in [0.15, 0.2) is 0 Å². The van der Waals surface area contributed by atoms with Gasteiger partial charge in [0.2, 0.25) is 0 Å². The van der Waals surface area contributed by atoms with Crippen molar-refractivity contribution in [1.82, 2.24) is 0 Å². The Morgan fingerprint density at radius 1 is 0.438 bits per heavy atom. The van der Waals surface area contributed by atoms with Crippen molar-refractivity contribution in [3.63, 3.8) is 0 Å². The van der Waals surface area contributed by atoms with Gasteiger partial charge in [-0.05, 0) is 12.8 Å². The molecule has 0 saturated carbocycles. The fourth-order valence-corrected chi connectivity index (χ4v) is 2.64. The van der Waals surface area contributed by atoms with Gasteiger partial charge in [0, 0.05) is 13.2 Å². The number of aliphatic hydroxyl groups excluding tert-OH is 2. The second-order valence-electron chi connectivity index (χ2n) is 8.10. The van der Waals surface area contributed by atoms with E-state index < -0.39 is 0 Å². The van der Waals surface area contributed by atoms with Gasteiger partial charge in [0.15, 0.2) is 0 Å². The van der Waals surface area contributed by atoms with Crippen LogP contribution in [-0.2, 0) is 27.5 Å². The Morgan fingerprint density at radius 2 is 0.656 bits per heavy atom. The van der Waals surface area contributed by atoms with Crippen LogP contribution in [0.1, 0.15) is 156 Å². The molecule has 0 spiro atoms. The molecule has 0 radical (unpaired) electrons. The maximum absolute atomic E-state index is 8.37. The summed E-state index contributed by atoms with van der Waals surface area (Å²) in [5.41, 5.74) is 0. The van der Waals surface area contributed by atoms with Crippen molar-refractivity contribution in [1.29, 1.82) is 0 Å². The summed E-state index contributed by atoms with van der Waals surface area (Å²) in [6, 6.07) is 0. The Bertz CT molecular complexity index is 187. The van der Waals surface area contributed by atoms with Crippen molar-refractivity contribution in [3.8, 4) is 0 Å². The molecule has 3 nitrogen and oxygen atoms in total. The van der Waals surface area contributed by atoms with E-state index in [2.05, 4.69) is 41.5 Å². The molecule has 4 heteroatoms. The fraction of sp³-hybridized carbons (Fsp3) is 0.929. The molecule has 0 aromatic carbocycles. The topological polar surface area (TPSA) is 57.5 Å². The van der Waals surface area contributed by atoms with E-state index in [-0.39, 0.29) is 0 Å². The van der Waals surface area contributed by atoms with E-state index >= 15 is 0 Å². The number of hydrogen-bond donors (Lipinski definition) is 2. The van der Waals surface area contributed by atoms with Crippen molar-refractivity contribution >= 4 is 0 Å². The van der Waals surface area contributed by atoms with Gasteiger partial charge in [0.25, 0.3) is 0 Å². The van der Waals surface area contributed by atoms with Gasteiger partial charge in [-0.25, -0.2) is 0 Å². The molecule has 0 aromatic rings. The van der Waals surface area contributed by atoms with Gasteiger partial charge in [-0.1, -0.05) is 130 Å². The minimum atomic E-state index is 0.300. The number of aliphatic hydroxyl groups is 2. The minimum absolute atomic E-state index is 0.300. The van der Waals surface area contributed by atoms with Crippen LogP contribution in [0.5, 0.6) is 0 Å². The van der Waals surface area contributed by atoms with Crippen molar-refractivity contribution in [3.05, 3.63) is 13.8 Å². The standard InChI is InChI=1S/2C7H16O.2C7H15.O.Zr/c2*1-2-3-4-5-6-7-8;2*1-3-5-7-6-4-2;;/h2*8H,2-7H2,1H3;2*1,3-7H2,2H3;;/q;;2*-1;;+2. The first kappa shape index (κ1) is 42.7. The van der Waals surface area contributed by atoms with Gasteiger partial charge >= 0.3 is 27.5 Å². The van der Waals surface area contributed by atoms with Crippen molar-refractivity contribution in [2.75, 3.05) is 13.2 Å². The van der Waals surface area contributed by atoms with E-state index in [0.717, 1.165) is 25.7 Å². The number of unbranched alkanes of at least 4 members (excludes halogenated alkanes) is 16.